The third-order valence-electron chi connectivity index (χ3n) is 2.71. The van der Waals surface area contributed by atoms with Crippen LogP contribution in [0.15, 0.2) is 18.2 Å². The van der Waals surface area contributed by atoms with Crippen molar-refractivity contribution in [3.05, 3.63) is 29.3 Å². The van der Waals surface area contributed by atoms with Gasteiger partial charge in [0.2, 0.25) is 0 Å². The number of carbonyl (C=O) groups is 2. The van der Waals surface area contributed by atoms with Gasteiger partial charge in [-0.15, -0.1) is 0 Å². The van der Waals surface area contributed by atoms with E-state index in [0.29, 0.717) is 5.56 Å². The third kappa shape index (κ3) is 3.96. The third-order valence-corrected chi connectivity index (χ3v) is 2.71. The van der Waals surface area contributed by atoms with Crippen LogP contribution in [0.5, 0.6) is 5.75 Å². The topological polar surface area (TPSA) is 87.1 Å². The number of carbonyl (C=O) groups excluding carboxylic acids is 1. The van der Waals surface area contributed by atoms with Crippen molar-refractivity contribution in [3.8, 4) is 5.75 Å². The van der Waals surface area contributed by atoms with Gasteiger partial charge in [0, 0.05) is 24.8 Å². The summed E-state index contributed by atoms with van der Waals surface area (Å²) < 4.78 is 4.86. The van der Waals surface area contributed by atoms with E-state index in [9.17, 15) is 14.7 Å². The second-order valence-corrected chi connectivity index (χ2v) is 4.06. The Hall–Kier alpha value is -2.08. The maximum atomic E-state index is 12.3. The van der Waals surface area contributed by atoms with Crippen molar-refractivity contribution in [1.82, 2.24) is 4.90 Å². The second kappa shape index (κ2) is 6.75. The molecule has 0 aromatic heterocycles. The number of methoxy groups -OCH3 is 1. The van der Waals surface area contributed by atoms with Crippen LogP contribution in [0.4, 0.5) is 0 Å². The molecule has 6 nitrogen and oxygen atoms in total. The fourth-order valence-electron chi connectivity index (χ4n) is 1.64. The quantitative estimate of drug-likeness (QED) is 0.798. The predicted octanol–water partition coefficient (Wildman–Crippen LogP) is 0.874. The maximum absolute atomic E-state index is 12.3. The average Bonchev–Trinajstić information content (AvgIpc) is 2.36. The lowest BCUT2D eigenvalue weighted by atomic mass is 10.1. The highest BCUT2D eigenvalue weighted by atomic mass is 16.5. The molecule has 0 aliphatic rings. The zero-order valence-corrected chi connectivity index (χ0v) is 10.9. The molecule has 0 radical (unpaired) electrons. The Morgan fingerprint density at radius 3 is 2.63 bits per heavy atom. The van der Waals surface area contributed by atoms with Crippen LogP contribution in [0.1, 0.15) is 15.9 Å². The van der Waals surface area contributed by atoms with Crippen molar-refractivity contribution in [2.24, 2.45) is 0 Å². The molecule has 0 saturated carbocycles. The molecule has 104 valence electrons. The number of aliphatic carboxylic acids is 1. The number of benzene rings is 1. The first-order chi connectivity index (χ1) is 8.97. The Balaban J connectivity index is 2.97. The molecule has 1 aromatic carbocycles. The zero-order valence-electron chi connectivity index (χ0n) is 10.9. The highest BCUT2D eigenvalue weighted by Crippen LogP contribution is 2.20. The number of hydrogen-bond donors (Lipinski definition) is 2. The monoisotopic (exact) mass is 267 g/mol. The summed E-state index contributed by atoms with van der Waals surface area (Å²) in [6.45, 7) is 1.63. The molecule has 2 N–H and O–H groups in total. The van der Waals surface area contributed by atoms with E-state index in [1.54, 1.807) is 19.1 Å². The number of phenols is 1. The Morgan fingerprint density at radius 2 is 2.05 bits per heavy atom. The number of ether oxygens (including phenoxy) is 1. The molecule has 0 bridgehead atoms. The minimum atomic E-state index is -1.10. The fraction of sp³-hybridized carbons (Fsp3) is 0.385. The minimum absolute atomic E-state index is 0.00728. The van der Waals surface area contributed by atoms with Gasteiger partial charge in [0.15, 0.2) is 0 Å². The van der Waals surface area contributed by atoms with Crippen LogP contribution in [-0.4, -0.2) is 53.8 Å². The number of nitrogens with zero attached hydrogens (tertiary/aromatic N) is 1. The molecule has 0 aliphatic carbocycles. The van der Waals surface area contributed by atoms with Crippen LogP contribution < -0.4 is 0 Å². The number of rotatable bonds is 6. The first-order valence-electron chi connectivity index (χ1n) is 5.76. The lowest BCUT2D eigenvalue weighted by Crippen LogP contribution is -2.38. The lowest BCUT2D eigenvalue weighted by Gasteiger charge is -2.21. The molecule has 1 aromatic rings. The van der Waals surface area contributed by atoms with Crippen molar-refractivity contribution in [1.29, 1.82) is 0 Å². The molecule has 0 aliphatic heterocycles. The van der Waals surface area contributed by atoms with Crippen LogP contribution >= 0.6 is 0 Å². The molecule has 0 unspecified atom stereocenters. The molecule has 0 saturated heterocycles. The molecule has 0 fully saturated rings. The van der Waals surface area contributed by atoms with Gasteiger partial charge in [-0.05, 0) is 19.1 Å². The van der Waals surface area contributed by atoms with E-state index in [1.807, 2.05) is 0 Å². The summed E-state index contributed by atoms with van der Waals surface area (Å²) in [7, 11) is 1.48. The highest BCUT2D eigenvalue weighted by molar-refractivity contribution is 5.97. The zero-order chi connectivity index (χ0) is 14.4. The summed E-state index contributed by atoms with van der Waals surface area (Å²) >= 11 is 0. The summed E-state index contributed by atoms with van der Waals surface area (Å²) in [6, 6.07) is 4.58. The fourth-order valence-corrected chi connectivity index (χ4v) is 1.64. The molecular weight excluding hydrogens is 250 g/mol. The second-order valence-electron chi connectivity index (χ2n) is 4.06. The van der Waals surface area contributed by atoms with Gasteiger partial charge < -0.3 is 19.8 Å². The first-order valence-corrected chi connectivity index (χ1v) is 5.76. The van der Waals surface area contributed by atoms with E-state index in [4.69, 9.17) is 9.84 Å². The summed E-state index contributed by atoms with van der Waals surface area (Å²) in [4.78, 5) is 24.2. The number of carboxylic acids is 1. The van der Waals surface area contributed by atoms with Gasteiger partial charge in [0.1, 0.15) is 12.3 Å². The van der Waals surface area contributed by atoms with E-state index >= 15 is 0 Å². The van der Waals surface area contributed by atoms with Gasteiger partial charge in [-0.25, -0.2) is 0 Å². The number of aromatic hydroxyl groups is 1. The average molecular weight is 267 g/mol. The van der Waals surface area contributed by atoms with E-state index in [-0.39, 0.29) is 24.5 Å². The number of carboxylic acid groups (broad SMARTS) is 1. The molecule has 0 heterocycles. The molecule has 1 rings (SSSR count). The van der Waals surface area contributed by atoms with E-state index in [0.717, 1.165) is 0 Å². The van der Waals surface area contributed by atoms with Crippen LogP contribution in [0.2, 0.25) is 0 Å². The Morgan fingerprint density at radius 1 is 1.37 bits per heavy atom. The molecule has 0 atom stereocenters. The van der Waals surface area contributed by atoms with Crippen molar-refractivity contribution < 1.29 is 24.5 Å². The SMILES string of the molecule is COCCN(CC(=O)O)C(=O)c1cccc(O)c1C. The van der Waals surface area contributed by atoms with E-state index in [2.05, 4.69) is 0 Å². The van der Waals surface area contributed by atoms with E-state index in [1.165, 1.54) is 18.1 Å². The van der Waals surface area contributed by atoms with Crippen LogP contribution in [0.25, 0.3) is 0 Å². The normalized spacial score (nSPS) is 10.2. The Kier molecular flexibility index (Phi) is 5.32. The molecule has 0 spiro atoms. The molecule has 1 amide bonds. The standard InChI is InChI=1S/C13H17NO5/c1-9-10(4-3-5-11(9)15)13(18)14(6-7-19-2)8-12(16)17/h3-5,15H,6-8H2,1-2H3,(H,16,17). The molecule has 19 heavy (non-hydrogen) atoms. The van der Waals surface area contributed by atoms with Gasteiger partial charge in [0.05, 0.1) is 6.61 Å². The minimum Gasteiger partial charge on any atom is -0.508 e. The highest BCUT2D eigenvalue weighted by Gasteiger charge is 2.20. The Bertz CT molecular complexity index is 472. The number of hydrogen-bond acceptors (Lipinski definition) is 4. The van der Waals surface area contributed by atoms with Gasteiger partial charge in [-0.1, -0.05) is 6.07 Å². The van der Waals surface area contributed by atoms with Gasteiger partial charge in [-0.2, -0.15) is 0 Å². The largest absolute Gasteiger partial charge is 0.508 e. The van der Waals surface area contributed by atoms with Crippen molar-refractivity contribution in [3.63, 3.8) is 0 Å². The van der Waals surface area contributed by atoms with Gasteiger partial charge in [-0.3, -0.25) is 9.59 Å². The van der Waals surface area contributed by atoms with Crippen LogP contribution in [0.3, 0.4) is 0 Å². The van der Waals surface area contributed by atoms with Crippen molar-refractivity contribution in [2.45, 2.75) is 6.92 Å². The summed E-state index contributed by atoms with van der Waals surface area (Å²) in [5, 5.41) is 18.4. The maximum Gasteiger partial charge on any atom is 0.323 e. The van der Waals surface area contributed by atoms with Gasteiger partial charge in [0.25, 0.3) is 5.91 Å². The van der Waals surface area contributed by atoms with Crippen molar-refractivity contribution in [2.75, 3.05) is 26.8 Å². The van der Waals surface area contributed by atoms with E-state index < -0.39 is 18.4 Å². The summed E-state index contributed by atoms with van der Waals surface area (Å²) in [5.74, 6) is -1.53. The summed E-state index contributed by atoms with van der Waals surface area (Å²) in [5.41, 5.74) is 0.720. The predicted molar refractivity (Wildman–Crippen MR) is 68.3 cm³/mol. The first kappa shape index (κ1) is 15.0. The molecular formula is C13H17NO5. The Labute approximate surface area is 111 Å². The van der Waals surface area contributed by atoms with Crippen LogP contribution in [-0.2, 0) is 9.53 Å². The molecule has 6 heteroatoms. The summed E-state index contributed by atoms with van der Waals surface area (Å²) in [6.07, 6.45) is 0. The number of phenolic OH excluding ortho intramolecular Hbond substituents is 1. The van der Waals surface area contributed by atoms with Gasteiger partial charge >= 0.3 is 5.97 Å². The smallest absolute Gasteiger partial charge is 0.323 e. The van der Waals surface area contributed by atoms with Crippen LogP contribution in [0, 0.1) is 6.92 Å². The number of amides is 1. The van der Waals surface area contributed by atoms with Crippen molar-refractivity contribution >= 4 is 11.9 Å². The lowest BCUT2D eigenvalue weighted by molar-refractivity contribution is -0.137.